The van der Waals surface area contributed by atoms with E-state index >= 15 is 0 Å². The summed E-state index contributed by atoms with van der Waals surface area (Å²) in [5.41, 5.74) is 0. The van der Waals surface area contributed by atoms with Gasteiger partial charge in [-0.15, -0.1) is 0 Å². The molecule has 1 N–H and O–H groups in total. The minimum absolute atomic E-state index is 0.383. The predicted octanol–water partition coefficient (Wildman–Crippen LogP) is 1.71. The van der Waals surface area contributed by atoms with Crippen molar-refractivity contribution >= 4 is 11.8 Å². The van der Waals surface area contributed by atoms with Gasteiger partial charge in [-0.25, -0.2) is 0 Å². The molecule has 0 aromatic rings. The zero-order valence-electron chi connectivity index (χ0n) is 5.97. The Morgan fingerprint density at radius 2 is 2.33 bits per heavy atom. The minimum Gasteiger partial charge on any atom is -0.392 e. The van der Waals surface area contributed by atoms with E-state index in [-0.39, 0.29) is 6.10 Å². The van der Waals surface area contributed by atoms with Gasteiger partial charge < -0.3 is 5.11 Å². The van der Waals surface area contributed by atoms with Crippen molar-refractivity contribution in [1.82, 2.24) is 0 Å². The van der Waals surface area contributed by atoms with Crippen LogP contribution in [0.15, 0.2) is 0 Å². The van der Waals surface area contributed by atoms with Crippen molar-refractivity contribution in [2.45, 2.75) is 25.9 Å². The average molecular weight is 147 g/mol. The normalized spacial score (nSPS) is 13.7. The van der Waals surface area contributed by atoms with Gasteiger partial charge in [0.2, 0.25) is 0 Å². The molecule has 1 atom stereocenters. The summed E-state index contributed by atoms with van der Waals surface area (Å²) in [5, 5.41) is 8.72. The Morgan fingerprint density at radius 3 is 2.78 bits per heavy atom. The van der Waals surface area contributed by atoms with Gasteiger partial charge in [-0.3, -0.25) is 0 Å². The van der Waals surface area contributed by atoms with E-state index in [0.29, 0.717) is 0 Å². The van der Waals surface area contributed by atoms with Crippen molar-refractivity contribution < 1.29 is 5.11 Å². The van der Waals surface area contributed by atoms with Gasteiger partial charge in [-0.2, -0.15) is 11.8 Å². The van der Waals surface area contributed by atoms with Crippen LogP contribution in [0, 0.1) is 6.92 Å². The molecule has 0 aliphatic carbocycles. The molecule has 0 aromatic carbocycles. The number of hydrogen-bond donors (Lipinski definition) is 1. The van der Waals surface area contributed by atoms with Crippen molar-refractivity contribution in [3.8, 4) is 0 Å². The quantitative estimate of drug-likeness (QED) is 0.597. The van der Waals surface area contributed by atoms with E-state index in [2.05, 4.69) is 13.8 Å². The molecule has 0 saturated heterocycles. The number of hydrogen-bond acceptors (Lipinski definition) is 2. The van der Waals surface area contributed by atoms with Crippen molar-refractivity contribution in [1.29, 1.82) is 0 Å². The smallest absolute Gasteiger partial charge is 0.0631 e. The number of unbranched alkanes of at least 4 members (excludes halogenated alkanes) is 1. The lowest BCUT2D eigenvalue weighted by Crippen LogP contribution is -2.03. The summed E-state index contributed by atoms with van der Waals surface area (Å²) >= 11 is 1.77. The van der Waals surface area contributed by atoms with Crippen molar-refractivity contribution in [3.63, 3.8) is 0 Å². The van der Waals surface area contributed by atoms with Gasteiger partial charge in [0.25, 0.3) is 0 Å². The second-order valence-corrected chi connectivity index (χ2v) is 3.23. The minimum atomic E-state index is -0.383. The SMILES string of the molecule is [CH2]C(O)CSCCCC. The first kappa shape index (κ1) is 9.31. The molecule has 0 aliphatic rings. The zero-order valence-corrected chi connectivity index (χ0v) is 6.78. The fourth-order valence-electron chi connectivity index (χ4n) is 0.466. The molecule has 0 rings (SSSR count). The number of rotatable bonds is 5. The summed E-state index contributed by atoms with van der Waals surface area (Å²) in [6.45, 7) is 5.64. The highest BCUT2D eigenvalue weighted by molar-refractivity contribution is 7.99. The molecular formula is C7H15OS. The molecule has 55 valence electrons. The van der Waals surface area contributed by atoms with Gasteiger partial charge in [0, 0.05) is 5.75 Å². The van der Waals surface area contributed by atoms with Crippen LogP contribution in [-0.2, 0) is 0 Å². The first-order valence-corrected chi connectivity index (χ1v) is 4.51. The predicted molar refractivity (Wildman–Crippen MR) is 43.6 cm³/mol. The molecular weight excluding hydrogens is 132 g/mol. The van der Waals surface area contributed by atoms with E-state index in [0.717, 1.165) is 11.5 Å². The Hall–Kier alpha value is 0.310. The lowest BCUT2D eigenvalue weighted by Gasteiger charge is -2.01. The van der Waals surface area contributed by atoms with Gasteiger partial charge >= 0.3 is 0 Å². The van der Waals surface area contributed by atoms with Crippen LogP contribution in [0.1, 0.15) is 19.8 Å². The van der Waals surface area contributed by atoms with Crippen LogP contribution in [0.3, 0.4) is 0 Å². The van der Waals surface area contributed by atoms with E-state index in [1.807, 2.05) is 0 Å². The first-order valence-electron chi connectivity index (χ1n) is 3.36. The van der Waals surface area contributed by atoms with Gasteiger partial charge in [0.05, 0.1) is 6.10 Å². The standard InChI is InChI=1S/C7H15OS/c1-3-4-5-9-6-7(2)8/h7-8H,2-6H2,1H3. The second-order valence-electron chi connectivity index (χ2n) is 2.08. The molecule has 1 unspecified atom stereocenters. The third kappa shape index (κ3) is 8.31. The van der Waals surface area contributed by atoms with Crippen LogP contribution in [0.5, 0.6) is 0 Å². The fourth-order valence-corrected chi connectivity index (χ4v) is 1.40. The van der Waals surface area contributed by atoms with Crippen LogP contribution in [-0.4, -0.2) is 22.7 Å². The molecule has 1 nitrogen and oxygen atoms in total. The number of thioether (sulfide) groups is 1. The molecule has 1 radical (unpaired) electrons. The molecule has 9 heavy (non-hydrogen) atoms. The van der Waals surface area contributed by atoms with Crippen molar-refractivity contribution in [3.05, 3.63) is 6.92 Å². The maximum absolute atomic E-state index is 8.72. The molecule has 0 aliphatic heterocycles. The van der Waals surface area contributed by atoms with Gasteiger partial charge in [-0.1, -0.05) is 13.3 Å². The van der Waals surface area contributed by atoms with E-state index < -0.39 is 0 Å². The van der Waals surface area contributed by atoms with Gasteiger partial charge in [-0.05, 0) is 19.1 Å². The second kappa shape index (κ2) is 6.43. The summed E-state index contributed by atoms with van der Waals surface area (Å²) in [7, 11) is 0. The third-order valence-electron chi connectivity index (χ3n) is 0.952. The van der Waals surface area contributed by atoms with Gasteiger partial charge in [0.15, 0.2) is 0 Å². The van der Waals surface area contributed by atoms with Crippen LogP contribution in [0.25, 0.3) is 0 Å². The summed E-state index contributed by atoms with van der Waals surface area (Å²) in [5.74, 6) is 1.93. The third-order valence-corrected chi connectivity index (χ3v) is 2.15. The maximum atomic E-state index is 8.72. The highest BCUT2D eigenvalue weighted by Crippen LogP contribution is 2.05. The Balaban J connectivity index is 2.75. The lowest BCUT2D eigenvalue weighted by atomic mass is 10.4. The van der Waals surface area contributed by atoms with E-state index in [1.54, 1.807) is 11.8 Å². The molecule has 0 saturated carbocycles. The maximum Gasteiger partial charge on any atom is 0.0631 e. The highest BCUT2D eigenvalue weighted by Gasteiger charge is 1.93. The monoisotopic (exact) mass is 147 g/mol. The topological polar surface area (TPSA) is 20.2 Å². The molecule has 0 bridgehead atoms. The van der Waals surface area contributed by atoms with Crippen LogP contribution < -0.4 is 0 Å². The molecule has 0 heterocycles. The molecule has 0 fully saturated rings. The molecule has 0 amide bonds. The summed E-state index contributed by atoms with van der Waals surface area (Å²) < 4.78 is 0. The van der Waals surface area contributed by atoms with E-state index in [1.165, 1.54) is 12.8 Å². The lowest BCUT2D eigenvalue weighted by molar-refractivity contribution is 0.246. The molecule has 0 aromatic heterocycles. The summed E-state index contributed by atoms with van der Waals surface area (Å²) in [4.78, 5) is 0. The Bertz CT molecular complexity index is 54.9. The Kier molecular flexibility index (Phi) is 6.65. The Labute approximate surface area is 61.8 Å². The fraction of sp³-hybridized carbons (Fsp3) is 0.857. The van der Waals surface area contributed by atoms with Crippen LogP contribution in [0.2, 0.25) is 0 Å². The highest BCUT2D eigenvalue weighted by atomic mass is 32.2. The van der Waals surface area contributed by atoms with Crippen molar-refractivity contribution in [2.75, 3.05) is 11.5 Å². The molecule has 2 heteroatoms. The van der Waals surface area contributed by atoms with E-state index in [9.17, 15) is 0 Å². The van der Waals surface area contributed by atoms with Crippen molar-refractivity contribution in [2.24, 2.45) is 0 Å². The number of aliphatic hydroxyl groups is 1. The largest absolute Gasteiger partial charge is 0.392 e. The average Bonchev–Trinajstić information content (AvgIpc) is 1.80. The first-order chi connectivity index (χ1) is 4.27. The summed E-state index contributed by atoms with van der Waals surface area (Å²) in [6, 6.07) is 0. The molecule has 0 spiro atoms. The van der Waals surface area contributed by atoms with Gasteiger partial charge in [0.1, 0.15) is 0 Å². The zero-order chi connectivity index (χ0) is 7.11. The van der Waals surface area contributed by atoms with E-state index in [4.69, 9.17) is 5.11 Å². The number of aliphatic hydroxyl groups excluding tert-OH is 1. The van der Waals surface area contributed by atoms with Crippen LogP contribution in [0.4, 0.5) is 0 Å². The van der Waals surface area contributed by atoms with Crippen LogP contribution >= 0.6 is 11.8 Å². The summed E-state index contributed by atoms with van der Waals surface area (Å²) in [6.07, 6.45) is 2.10. The Morgan fingerprint density at radius 1 is 1.67 bits per heavy atom.